The second-order valence-corrected chi connectivity index (χ2v) is 8.11. The molecule has 138 valence electrons. The standard InChI is InChI=1S/C18H28BrN5O/c1-18(2,3)23-16(25)11-21-17(20-4)22-13-9-10-24(12-13)15-8-6-5-7-14(15)19/h5-8,13H,9-12H2,1-4H3,(H,23,25)(H2,20,21,22). The summed E-state index contributed by atoms with van der Waals surface area (Å²) >= 11 is 3.61. The van der Waals surface area contributed by atoms with Crippen molar-refractivity contribution in [2.75, 3.05) is 31.6 Å². The number of halogens is 1. The van der Waals surface area contributed by atoms with Crippen LogP contribution in [0.15, 0.2) is 33.7 Å². The largest absolute Gasteiger partial charge is 0.368 e. The summed E-state index contributed by atoms with van der Waals surface area (Å²) in [6.45, 7) is 7.99. The highest BCUT2D eigenvalue weighted by Gasteiger charge is 2.24. The zero-order valence-corrected chi connectivity index (χ0v) is 17.0. The van der Waals surface area contributed by atoms with Crippen molar-refractivity contribution in [2.24, 2.45) is 4.99 Å². The van der Waals surface area contributed by atoms with E-state index in [0.717, 1.165) is 24.0 Å². The van der Waals surface area contributed by atoms with E-state index in [1.165, 1.54) is 5.69 Å². The van der Waals surface area contributed by atoms with Crippen LogP contribution in [0.5, 0.6) is 0 Å². The average Bonchev–Trinajstić information content (AvgIpc) is 2.98. The fourth-order valence-electron chi connectivity index (χ4n) is 2.82. The van der Waals surface area contributed by atoms with Crippen molar-refractivity contribution in [3.63, 3.8) is 0 Å². The van der Waals surface area contributed by atoms with Gasteiger partial charge in [-0.05, 0) is 55.3 Å². The highest BCUT2D eigenvalue weighted by molar-refractivity contribution is 9.10. The van der Waals surface area contributed by atoms with Crippen LogP contribution < -0.4 is 20.9 Å². The third kappa shape index (κ3) is 6.23. The zero-order valence-electron chi connectivity index (χ0n) is 15.4. The van der Waals surface area contributed by atoms with Gasteiger partial charge in [-0.25, -0.2) is 0 Å². The van der Waals surface area contributed by atoms with Crippen molar-refractivity contribution in [2.45, 2.75) is 38.8 Å². The molecule has 1 aromatic rings. The van der Waals surface area contributed by atoms with Crippen LogP contribution in [0, 0.1) is 0 Å². The minimum absolute atomic E-state index is 0.0447. The maximum atomic E-state index is 11.9. The first kappa shape index (κ1) is 19.6. The summed E-state index contributed by atoms with van der Waals surface area (Å²) in [4.78, 5) is 18.5. The first-order valence-corrected chi connectivity index (χ1v) is 9.35. The number of carbonyl (C=O) groups is 1. The Kier molecular flexibility index (Phi) is 6.70. The minimum Gasteiger partial charge on any atom is -0.368 e. The molecule has 7 heteroatoms. The molecule has 3 N–H and O–H groups in total. The lowest BCUT2D eigenvalue weighted by atomic mass is 10.1. The van der Waals surface area contributed by atoms with Crippen LogP contribution in [0.25, 0.3) is 0 Å². The van der Waals surface area contributed by atoms with E-state index in [9.17, 15) is 4.79 Å². The molecule has 1 fully saturated rings. The number of nitrogens with zero attached hydrogens (tertiary/aromatic N) is 2. The summed E-state index contributed by atoms with van der Waals surface area (Å²) < 4.78 is 1.11. The van der Waals surface area contributed by atoms with Gasteiger partial charge in [0, 0.05) is 36.2 Å². The number of benzene rings is 1. The van der Waals surface area contributed by atoms with Gasteiger partial charge in [0.2, 0.25) is 5.91 Å². The van der Waals surface area contributed by atoms with E-state index in [2.05, 4.69) is 60.0 Å². The van der Waals surface area contributed by atoms with Gasteiger partial charge in [0.05, 0.1) is 12.2 Å². The monoisotopic (exact) mass is 409 g/mol. The summed E-state index contributed by atoms with van der Waals surface area (Å²) in [5.41, 5.74) is 0.976. The van der Waals surface area contributed by atoms with Crippen molar-refractivity contribution < 1.29 is 4.79 Å². The lowest BCUT2D eigenvalue weighted by Gasteiger charge is -2.22. The van der Waals surface area contributed by atoms with Gasteiger partial charge in [-0.1, -0.05) is 12.1 Å². The van der Waals surface area contributed by atoms with Crippen LogP contribution in [0.4, 0.5) is 5.69 Å². The summed E-state index contributed by atoms with van der Waals surface area (Å²) in [7, 11) is 1.72. The summed E-state index contributed by atoms with van der Waals surface area (Å²) in [6, 6.07) is 8.55. The van der Waals surface area contributed by atoms with Gasteiger partial charge in [-0.15, -0.1) is 0 Å². The van der Waals surface area contributed by atoms with Gasteiger partial charge < -0.3 is 20.9 Å². The fraction of sp³-hybridized carbons (Fsp3) is 0.556. The number of amides is 1. The second kappa shape index (κ2) is 8.56. The number of carbonyl (C=O) groups excluding carboxylic acids is 1. The highest BCUT2D eigenvalue weighted by Crippen LogP contribution is 2.28. The molecule has 0 bridgehead atoms. The van der Waals surface area contributed by atoms with Gasteiger partial charge in [0.25, 0.3) is 0 Å². The molecule has 6 nitrogen and oxygen atoms in total. The molecule has 1 aliphatic heterocycles. The molecule has 2 rings (SSSR count). The Hall–Kier alpha value is -1.76. The van der Waals surface area contributed by atoms with Crippen molar-refractivity contribution in [3.8, 4) is 0 Å². The third-order valence-electron chi connectivity index (χ3n) is 3.88. The van der Waals surface area contributed by atoms with Gasteiger partial charge in [-0.2, -0.15) is 0 Å². The van der Waals surface area contributed by atoms with Crippen molar-refractivity contribution >= 4 is 33.5 Å². The van der Waals surface area contributed by atoms with Crippen LogP contribution in [-0.2, 0) is 4.79 Å². The maximum Gasteiger partial charge on any atom is 0.239 e. The molecule has 25 heavy (non-hydrogen) atoms. The van der Waals surface area contributed by atoms with Gasteiger partial charge in [-0.3, -0.25) is 9.79 Å². The lowest BCUT2D eigenvalue weighted by Crippen LogP contribution is -2.50. The molecule has 0 aliphatic carbocycles. The number of anilines is 1. The van der Waals surface area contributed by atoms with E-state index in [-0.39, 0.29) is 18.0 Å². The molecular weight excluding hydrogens is 382 g/mol. The molecule has 0 radical (unpaired) electrons. The molecule has 1 atom stereocenters. The molecule has 1 unspecified atom stereocenters. The predicted molar refractivity (Wildman–Crippen MR) is 107 cm³/mol. The Balaban J connectivity index is 1.83. The summed E-state index contributed by atoms with van der Waals surface area (Å²) in [5.74, 6) is 0.611. The number of guanidine groups is 1. The molecule has 1 aliphatic rings. The smallest absolute Gasteiger partial charge is 0.239 e. The van der Waals surface area contributed by atoms with Crippen LogP contribution in [0.1, 0.15) is 27.2 Å². The first-order valence-electron chi connectivity index (χ1n) is 8.56. The van der Waals surface area contributed by atoms with Gasteiger partial charge >= 0.3 is 0 Å². The van der Waals surface area contributed by atoms with E-state index in [4.69, 9.17) is 0 Å². The molecule has 0 saturated carbocycles. The van der Waals surface area contributed by atoms with E-state index in [0.29, 0.717) is 12.0 Å². The van der Waals surface area contributed by atoms with Crippen LogP contribution in [-0.4, -0.2) is 50.1 Å². The molecule has 1 aromatic carbocycles. The maximum absolute atomic E-state index is 11.9. The van der Waals surface area contributed by atoms with E-state index in [1.54, 1.807) is 7.05 Å². The molecule has 0 spiro atoms. The summed E-state index contributed by atoms with van der Waals surface area (Å²) in [5, 5.41) is 9.42. The number of para-hydroxylation sites is 1. The number of hydrogen-bond acceptors (Lipinski definition) is 3. The predicted octanol–water partition coefficient (Wildman–Crippen LogP) is 2.11. The average molecular weight is 410 g/mol. The van der Waals surface area contributed by atoms with Crippen LogP contribution in [0.2, 0.25) is 0 Å². The van der Waals surface area contributed by atoms with E-state index >= 15 is 0 Å². The quantitative estimate of drug-likeness (QED) is 0.526. The first-order chi connectivity index (χ1) is 11.8. The van der Waals surface area contributed by atoms with Crippen molar-refractivity contribution in [1.82, 2.24) is 16.0 Å². The van der Waals surface area contributed by atoms with E-state index in [1.807, 2.05) is 26.8 Å². The molecule has 0 aromatic heterocycles. The Morgan fingerprint density at radius 1 is 1.36 bits per heavy atom. The van der Waals surface area contributed by atoms with Gasteiger partial charge in [0.15, 0.2) is 5.96 Å². The van der Waals surface area contributed by atoms with E-state index < -0.39 is 0 Å². The Bertz CT molecular complexity index is 626. The van der Waals surface area contributed by atoms with Crippen molar-refractivity contribution in [1.29, 1.82) is 0 Å². The Labute approximate surface area is 158 Å². The second-order valence-electron chi connectivity index (χ2n) is 7.25. The van der Waals surface area contributed by atoms with Gasteiger partial charge in [0.1, 0.15) is 0 Å². The number of nitrogens with one attached hydrogen (secondary N) is 3. The lowest BCUT2D eigenvalue weighted by molar-refractivity contribution is -0.121. The van der Waals surface area contributed by atoms with Crippen LogP contribution in [0.3, 0.4) is 0 Å². The number of hydrogen-bond donors (Lipinski definition) is 3. The molecular formula is C18H28BrN5O. The SMILES string of the molecule is CN=C(NCC(=O)NC(C)(C)C)NC1CCN(c2ccccc2Br)C1. The Morgan fingerprint density at radius 2 is 2.08 bits per heavy atom. The van der Waals surface area contributed by atoms with Crippen LogP contribution >= 0.6 is 15.9 Å². The van der Waals surface area contributed by atoms with Crippen molar-refractivity contribution in [3.05, 3.63) is 28.7 Å². The topological polar surface area (TPSA) is 68.8 Å². The molecule has 1 saturated heterocycles. The fourth-order valence-corrected chi connectivity index (χ4v) is 3.36. The molecule has 1 amide bonds. The molecule has 1 heterocycles. The highest BCUT2D eigenvalue weighted by atomic mass is 79.9. The summed E-state index contributed by atoms with van der Waals surface area (Å²) in [6.07, 6.45) is 1.02. The normalized spacial score (nSPS) is 18.2. The third-order valence-corrected chi connectivity index (χ3v) is 4.55. The number of aliphatic imine (C=N–C) groups is 1. The zero-order chi connectivity index (χ0) is 18.4. The number of rotatable bonds is 4. The Morgan fingerprint density at radius 3 is 2.72 bits per heavy atom. The minimum atomic E-state index is -0.231.